The van der Waals surface area contributed by atoms with E-state index in [1.165, 1.54) is 7.11 Å². The minimum absolute atomic E-state index is 0.168. The number of carbonyl (C=O) groups is 1. The van der Waals surface area contributed by atoms with Crippen molar-refractivity contribution < 1.29 is 9.53 Å². The number of nitrogens with zero attached hydrogens (tertiary/aromatic N) is 3. The molecular formula is C13H16N4O2. The van der Waals surface area contributed by atoms with Crippen molar-refractivity contribution in [2.24, 2.45) is 0 Å². The third-order valence-electron chi connectivity index (χ3n) is 2.89. The van der Waals surface area contributed by atoms with Crippen molar-refractivity contribution in [1.82, 2.24) is 14.5 Å². The predicted molar refractivity (Wildman–Crippen MR) is 70.7 cm³/mol. The number of hydrogen-bond acceptors (Lipinski definition) is 5. The zero-order chi connectivity index (χ0) is 13.8. The predicted octanol–water partition coefficient (Wildman–Crippen LogP) is 1.20. The molecule has 0 fully saturated rings. The number of carbonyl (C=O) groups excluding carboxylic acids is 1. The highest BCUT2D eigenvalue weighted by Crippen LogP contribution is 2.15. The summed E-state index contributed by atoms with van der Waals surface area (Å²) in [6.07, 6.45) is 2.47. The molecule has 6 heteroatoms. The van der Waals surface area contributed by atoms with E-state index >= 15 is 0 Å². The van der Waals surface area contributed by atoms with Crippen LogP contribution in [0.4, 0.5) is 5.82 Å². The number of pyridine rings is 1. The van der Waals surface area contributed by atoms with E-state index in [4.69, 9.17) is 5.73 Å². The minimum atomic E-state index is -0.516. The number of rotatable bonds is 4. The summed E-state index contributed by atoms with van der Waals surface area (Å²) in [5.74, 6) is 0.506. The highest BCUT2D eigenvalue weighted by molar-refractivity contribution is 5.92. The summed E-state index contributed by atoms with van der Waals surface area (Å²) < 4.78 is 6.43. The van der Waals surface area contributed by atoms with Gasteiger partial charge in [0.15, 0.2) is 5.69 Å². The molecule has 6 nitrogen and oxygen atoms in total. The largest absolute Gasteiger partial charge is 0.464 e. The van der Waals surface area contributed by atoms with Gasteiger partial charge in [0.1, 0.15) is 11.6 Å². The number of aromatic nitrogens is 3. The number of anilines is 1. The van der Waals surface area contributed by atoms with Gasteiger partial charge in [-0.1, -0.05) is 6.07 Å². The zero-order valence-electron chi connectivity index (χ0n) is 11.0. The van der Waals surface area contributed by atoms with E-state index in [1.54, 1.807) is 17.7 Å². The number of nitrogens with two attached hydrogens (primary N) is 1. The number of methoxy groups -OCH3 is 1. The summed E-state index contributed by atoms with van der Waals surface area (Å²) in [5.41, 5.74) is 7.06. The molecule has 0 unspecified atom stereocenters. The molecule has 2 aromatic heterocycles. The van der Waals surface area contributed by atoms with Crippen molar-refractivity contribution >= 4 is 11.8 Å². The molecule has 0 aromatic carbocycles. The smallest absolute Gasteiger partial charge is 0.360 e. The Bertz CT molecular complexity index is 578. The summed E-state index contributed by atoms with van der Waals surface area (Å²) in [6, 6.07) is 5.76. The van der Waals surface area contributed by atoms with Crippen LogP contribution in [0.1, 0.15) is 22.0 Å². The van der Waals surface area contributed by atoms with Crippen LogP contribution in [0, 0.1) is 6.92 Å². The van der Waals surface area contributed by atoms with Crippen LogP contribution in [0.2, 0.25) is 0 Å². The van der Waals surface area contributed by atoms with E-state index in [1.807, 2.05) is 18.2 Å². The van der Waals surface area contributed by atoms with Gasteiger partial charge < -0.3 is 15.0 Å². The third-order valence-corrected chi connectivity index (χ3v) is 2.89. The number of esters is 1. The molecule has 2 N–H and O–H groups in total. The number of nitrogen functional groups attached to an aromatic ring is 1. The van der Waals surface area contributed by atoms with Crippen LogP contribution in [-0.4, -0.2) is 27.6 Å². The normalized spacial score (nSPS) is 10.4. The van der Waals surface area contributed by atoms with Crippen molar-refractivity contribution in [3.63, 3.8) is 0 Å². The average Bonchev–Trinajstić information content (AvgIpc) is 2.72. The maximum atomic E-state index is 11.5. The molecule has 0 bridgehead atoms. The van der Waals surface area contributed by atoms with E-state index in [0.717, 1.165) is 12.1 Å². The van der Waals surface area contributed by atoms with E-state index in [9.17, 15) is 4.79 Å². The Kier molecular flexibility index (Phi) is 3.79. The fourth-order valence-electron chi connectivity index (χ4n) is 1.88. The fourth-order valence-corrected chi connectivity index (χ4v) is 1.88. The second kappa shape index (κ2) is 5.51. The van der Waals surface area contributed by atoms with Crippen molar-refractivity contribution in [2.45, 2.75) is 19.9 Å². The van der Waals surface area contributed by atoms with Crippen LogP contribution in [0.25, 0.3) is 0 Å². The average molecular weight is 260 g/mol. The Morgan fingerprint density at radius 3 is 2.89 bits per heavy atom. The monoisotopic (exact) mass is 260 g/mol. The second-order valence-electron chi connectivity index (χ2n) is 4.11. The number of aryl methyl sites for hydroxylation is 2. The topological polar surface area (TPSA) is 83.0 Å². The van der Waals surface area contributed by atoms with Gasteiger partial charge in [-0.25, -0.2) is 9.78 Å². The molecule has 0 spiro atoms. The Hall–Kier alpha value is -2.37. The molecule has 0 aliphatic heterocycles. The summed E-state index contributed by atoms with van der Waals surface area (Å²) in [4.78, 5) is 19.9. The van der Waals surface area contributed by atoms with Gasteiger partial charge >= 0.3 is 5.97 Å². The molecule has 100 valence electrons. The van der Waals surface area contributed by atoms with E-state index < -0.39 is 5.97 Å². The first-order valence-corrected chi connectivity index (χ1v) is 5.94. The van der Waals surface area contributed by atoms with Gasteiger partial charge in [-0.05, 0) is 19.1 Å². The van der Waals surface area contributed by atoms with Gasteiger partial charge in [0.05, 0.1) is 7.11 Å². The van der Waals surface area contributed by atoms with Gasteiger partial charge in [0, 0.05) is 24.9 Å². The maximum Gasteiger partial charge on any atom is 0.360 e. The quantitative estimate of drug-likeness (QED) is 0.835. The lowest BCUT2D eigenvalue weighted by Gasteiger charge is -2.07. The SMILES string of the molecule is COC(=O)c1nc(C)n(CCc2ccccn2)c1N. The first-order chi connectivity index (χ1) is 9.13. The molecule has 0 saturated heterocycles. The lowest BCUT2D eigenvalue weighted by molar-refractivity contribution is 0.0595. The summed E-state index contributed by atoms with van der Waals surface area (Å²) in [5, 5.41) is 0. The standard InChI is InChI=1S/C13H16N4O2/c1-9-16-11(13(18)19-2)12(14)17(9)8-6-10-5-3-4-7-15-10/h3-5,7H,6,8,14H2,1-2H3. The lowest BCUT2D eigenvalue weighted by Crippen LogP contribution is -2.10. The van der Waals surface area contributed by atoms with Crippen molar-refractivity contribution in [3.8, 4) is 0 Å². The number of ether oxygens (including phenoxy) is 1. The van der Waals surface area contributed by atoms with Gasteiger partial charge in [-0.2, -0.15) is 0 Å². The Morgan fingerprint density at radius 1 is 1.47 bits per heavy atom. The molecule has 19 heavy (non-hydrogen) atoms. The molecule has 2 heterocycles. The Balaban J connectivity index is 2.17. The number of hydrogen-bond donors (Lipinski definition) is 1. The van der Waals surface area contributed by atoms with Gasteiger partial charge in [0.2, 0.25) is 0 Å². The van der Waals surface area contributed by atoms with Gasteiger partial charge in [-0.3, -0.25) is 4.98 Å². The van der Waals surface area contributed by atoms with Crippen molar-refractivity contribution in [2.75, 3.05) is 12.8 Å². The summed E-state index contributed by atoms with van der Waals surface area (Å²) in [6.45, 7) is 2.43. The van der Waals surface area contributed by atoms with Gasteiger partial charge in [-0.15, -0.1) is 0 Å². The minimum Gasteiger partial charge on any atom is -0.464 e. The molecule has 0 saturated carbocycles. The van der Waals surface area contributed by atoms with Crippen LogP contribution in [0.5, 0.6) is 0 Å². The van der Waals surface area contributed by atoms with Gasteiger partial charge in [0.25, 0.3) is 0 Å². The van der Waals surface area contributed by atoms with Crippen molar-refractivity contribution in [3.05, 3.63) is 41.6 Å². The van der Waals surface area contributed by atoms with E-state index in [2.05, 4.69) is 14.7 Å². The molecular weight excluding hydrogens is 244 g/mol. The number of imidazole rings is 1. The van der Waals surface area contributed by atoms with Crippen LogP contribution in [0.15, 0.2) is 24.4 Å². The van der Waals surface area contributed by atoms with Crippen molar-refractivity contribution in [1.29, 1.82) is 0 Å². The molecule has 0 aliphatic carbocycles. The first kappa shape index (κ1) is 13.1. The van der Waals surface area contributed by atoms with Crippen LogP contribution >= 0.6 is 0 Å². The van der Waals surface area contributed by atoms with E-state index in [-0.39, 0.29) is 5.69 Å². The molecule has 0 radical (unpaired) electrons. The van der Waals surface area contributed by atoms with E-state index in [0.29, 0.717) is 18.2 Å². The molecule has 0 aliphatic rings. The maximum absolute atomic E-state index is 11.5. The highest BCUT2D eigenvalue weighted by Gasteiger charge is 2.18. The molecule has 0 atom stereocenters. The first-order valence-electron chi connectivity index (χ1n) is 5.94. The fraction of sp³-hybridized carbons (Fsp3) is 0.308. The molecule has 2 aromatic rings. The molecule has 0 amide bonds. The Morgan fingerprint density at radius 2 is 2.26 bits per heavy atom. The summed E-state index contributed by atoms with van der Waals surface area (Å²) >= 11 is 0. The Labute approximate surface area is 111 Å². The highest BCUT2D eigenvalue weighted by atomic mass is 16.5. The lowest BCUT2D eigenvalue weighted by atomic mass is 10.2. The van der Waals surface area contributed by atoms with Crippen LogP contribution in [0.3, 0.4) is 0 Å². The third kappa shape index (κ3) is 2.73. The zero-order valence-corrected chi connectivity index (χ0v) is 11.0. The second-order valence-corrected chi connectivity index (χ2v) is 4.11. The summed E-state index contributed by atoms with van der Waals surface area (Å²) in [7, 11) is 1.31. The van der Waals surface area contributed by atoms with Crippen LogP contribution in [-0.2, 0) is 17.7 Å². The van der Waals surface area contributed by atoms with Crippen LogP contribution < -0.4 is 5.73 Å². The molecule has 2 rings (SSSR count).